The molecule has 0 aromatic carbocycles. The molecule has 0 unspecified atom stereocenters. The van der Waals surface area contributed by atoms with Crippen molar-refractivity contribution in [2.45, 2.75) is 25.4 Å². The van der Waals surface area contributed by atoms with Crippen LogP contribution in [0.3, 0.4) is 0 Å². The van der Waals surface area contributed by atoms with Crippen LogP contribution in [0.5, 0.6) is 0 Å². The van der Waals surface area contributed by atoms with Crippen molar-refractivity contribution >= 4 is 0 Å². The van der Waals surface area contributed by atoms with Crippen LogP contribution in [0.15, 0.2) is 0 Å². The summed E-state index contributed by atoms with van der Waals surface area (Å²) in [6, 6.07) is -0.807. The number of aliphatic hydroxyl groups excluding tert-OH is 4. The molecule has 14 heavy (non-hydrogen) atoms. The maximum absolute atomic E-state index is 9.00. The molecule has 0 aliphatic rings. The molecular weight excluding hydrogens is 186 g/mol. The predicted molar refractivity (Wildman–Crippen MR) is 52.9 cm³/mol. The first-order valence-corrected chi connectivity index (χ1v) is 4.94. The quantitative estimate of drug-likeness (QED) is 0.385. The SMILES string of the molecule is CCCN(C(CO)CO)C(CO)CO. The normalized spacial score (nSPS) is 12.0. The Morgan fingerprint density at radius 1 is 0.857 bits per heavy atom. The summed E-state index contributed by atoms with van der Waals surface area (Å²) in [7, 11) is 0. The van der Waals surface area contributed by atoms with E-state index in [2.05, 4.69) is 0 Å². The van der Waals surface area contributed by atoms with E-state index in [1.54, 1.807) is 4.90 Å². The lowest BCUT2D eigenvalue weighted by Crippen LogP contribution is -2.50. The molecule has 86 valence electrons. The van der Waals surface area contributed by atoms with E-state index in [-0.39, 0.29) is 26.4 Å². The molecule has 0 aliphatic heterocycles. The molecule has 0 rings (SSSR count). The first-order valence-electron chi connectivity index (χ1n) is 4.94. The second-order valence-electron chi connectivity index (χ2n) is 3.28. The highest BCUT2D eigenvalue weighted by Gasteiger charge is 2.23. The summed E-state index contributed by atoms with van der Waals surface area (Å²) in [6.45, 7) is 1.90. The summed E-state index contributed by atoms with van der Waals surface area (Å²) in [6.07, 6.45) is 0.840. The second-order valence-corrected chi connectivity index (χ2v) is 3.28. The zero-order chi connectivity index (χ0) is 11.0. The average Bonchev–Trinajstić information content (AvgIpc) is 2.21. The highest BCUT2D eigenvalue weighted by atomic mass is 16.3. The molecule has 0 fully saturated rings. The van der Waals surface area contributed by atoms with Gasteiger partial charge in [0.05, 0.1) is 38.5 Å². The van der Waals surface area contributed by atoms with E-state index in [0.717, 1.165) is 6.42 Å². The second kappa shape index (κ2) is 8.14. The third kappa shape index (κ3) is 3.89. The van der Waals surface area contributed by atoms with E-state index in [4.69, 9.17) is 20.4 Å². The Hall–Kier alpha value is -0.200. The summed E-state index contributed by atoms with van der Waals surface area (Å²) in [5.41, 5.74) is 0. The van der Waals surface area contributed by atoms with Gasteiger partial charge in [0.1, 0.15) is 0 Å². The highest BCUT2D eigenvalue weighted by molar-refractivity contribution is 4.77. The number of nitrogens with zero attached hydrogens (tertiary/aromatic N) is 1. The van der Waals surface area contributed by atoms with E-state index in [1.807, 2.05) is 6.92 Å². The molecule has 0 amide bonds. The van der Waals surface area contributed by atoms with Crippen molar-refractivity contribution in [2.75, 3.05) is 33.0 Å². The van der Waals surface area contributed by atoms with Crippen molar-refractivity contribution in [1.29, 1.82) is 0 Å². The highest BCUT2D eigenvalue weighted by Crippen LogP contribution is 2.06. The molecule has 0 aromatic heterocycles. The van der Waals surface area contributed by atoms with Gasteiger partial charge < -0.3 is 20.4 Å². The van der Waals surface area contributed by atoms with Crippen LogP contribution >= 0.6 is 0 Å². The van der Waals surface area contributed by atoms with Crippen molar-refractivity contribution in [1.82, 2.24) is 4.90 Å². The maximum Gasteiger partial charge on any atom is 0.0609 e. The maximum atomic E-state index is 9.00. The Bertz CT molecular complexity index is 114. The number of rotatable bonds is 8. The molecule has 0 spiro atoms. The van der Waals surface area contributed by atoms with E-state index >= 15 is 0 Å². The summed E-state index contributed by atoms with van der Waals surface area (Å²) in [5, 5.41) is 36.0. The third-order valence-electron chi connectivity index (χ3n) is 2.26. The molecule has 0 radical (unpaired) electrons. The van der Waals surface area contributed by atoms with E-state index in [1.165, 1.54) is 0 Å². The molecule has 0 saturated carbocycles. The van der Waals surface area contributed by atoms with Gasteiger partial charge in [-0.3, -0.25) is 4.90 Å². The van der Waals surface area contributed by atoms with Gasteiger partial charge in [-0.1, -0.05) is 6.92 Å². The predicted octanol–water partition coefficient (Wildman–Crippen LogP) is -1.60. The average molecular weight is 207 g/mol. The van der Waals surface area contributed by atoms with Gasteiger partial charge in [0.15, 0.2) is 0 Å². The molecule has 5 heteroatoms. The fourth-order valence-electron chi connectivity index (χ4n) is 1.46. The Balaban J connectivity index is 4.36. The summed E-state index contributed by atoms with van der Waals surface area (Å²) < 4.78 is 0. The number of aliphatic hydroxyl groups is 4. The molecule has 0 aliphatic carbocycles. The number of hydrogen-bond donors (Lipinski definition) is 4. The van der Waals surface area contributed by atoms with Gasteiger partial charge >= 0.3 is 0 Å². The summed E-state index contributed by atoms with van der Waals surface area (Å²) >= 11 is 0. The minimum atomic E-state index is -0.403. The Morgan fingerprint density at radius 2 is 1.21 bits per heavy atom. The van der Waals surface area contributed by atoms with Gasteiger partial charge in [0, 0.05) is 0 Å². The molecule has 0 heterocycles. The molecular formula is C9H21NO4. The van der Waals surface area contributed by atoms with Gasteiger partial charge in [0.2, 0.25) is 0 Å². The van der Waals surface area contributed by atoms with Gasteiger partial charge in [-0.2, -0.15) is 0 Å². The zero-order valence-electron chi connectivity index (χ0n) is 8.63. The molecule has 0 saturated heterocycles. The lowest BCUT2D eigenvalue weighted by molar-refractivity contribution is 0.00193. The first-order chi connectivity index (χ1) is 6.74. The molecule has 0 atom stereocenters. The van der Waals surface area contributed by atoms with E-state index in [0.29, 0.717) is 6.54 Å². The van der Waals surface area contributed by atoms with Crippen molar-refractivity contribution in [3.63, 3.8) is 0 Å². The van der Waals surface area contributed by atoms with Gasteiger partial charge in [0.25, 0.3) is 0 Å². The van der Waals surface area contributed by atoms with Crippen molar-refractivity contribution in [2.24, 2.45) is 0 Å². The van der Waals surface area contributed by atoms with Crippen molar-refractivity contribution < 1.29 is 20.4 Å². The number of hydrogen-bond acceptors (Lipinski definition) is 5. The van der Waals surface area contributed by atoms with Crippen molar-refractivity contribution in [3.05, 3.63) is 0 Å². The van der Waals surface area contributed by atoms with Crippen LogP contribution in [0, 0.1) is 0 Å². The van der Waals surface area contributed by atoms with Crippen LogP contribution in [0.25, 0.3) is 0 Å². The monoisotopic (exact) mass is 207 g/mol. The minimum Gasteiger partial charge on any atom is -0.395 e. The van der Waals surface area contributed by atoms with Crippen LogP contribution in [0.4, 0.5) is 0 Å². The van der Waals surface area contributed by atoms with Crippen LogP contribution in [0.2, 0.25) is 0 Å². The molecule has 0 bridgehead atoms. The van der Waals surface area contributed by atoms with Gasteiger partial charge in [-0.15, -0.1) is 0 Å². The lowest BCUT2D eigenvalue weighted by Gasteiger charge is -2.34. The Labute approximate surface area is 84.6 Å². The van der Waals surface area contributed by atoms with Crippen molar-refractivity contribution in [3.8, 4) is 0 Å². The largest absolute Gasteiger partial charge is 0.395 e. The van der Waals surface area contributed by atoms with Crippen LogP contribution < -0.4 is 0 Å². The van der Waals surface area contributed by atoms with E-state index in [9.17, 15) is 0 Å². The Kier molecular flexibility index (Phi) is 8.02. The van der Waals surface area contributed by atoms with Gasteiger partial charge in [-0.25, -0.2) is 0 Å². The van der Waals surface area contributed by atoms with Crippen LogP contribution in [-0.4, -0.2) is 70.4 Å². The summed E-state index contributed by atoms with van der Waals surface area (Å²) in [4.78, 5) is 1.74. The molecule has 5 nitrogen and oxygen atoms in total. The molecule has 0 aromatic rings. The third-order valence-corrected chi connectivity index (χ3v) is 2.26. The zero-order valence-corrected chi connectivity index (χ0v) is 8.63. The lowest BCUT2D eigenvalue weighted by atomic mass is 10.2. The topological polar surface area (TPSA) is 84.2 Å². The summed E-state index contributed by atoms with van der Waals surface area (Å²) in [5.74, 6) is 0. The van der Waals surface area contributed by atoms with Crippen LogP contribution in [-0.2, 0) is 0 Å². The Morgan fingerprint density at radius 3 is 1.43 bits per heavy atom. The fraction of sp³-hybridized carbons (Fsp3) is 1.00. The molecule has 4 N–H and O–H groups in total. The standard InChI is InChI=1S/C9H21NO4/c1-2-3-10(8(4-11)5-12)9(6-13)7-14/h8-9,11-14H,2-7H2,1H3. The first kappa shape index (κ1) is 13.8. The smallest absolute Gasteiger partial charge is 0.0609 e. The van der Waals surface area contributed by atoms with E-state index < -0.39 is 12.1 Å². The fourth-order valence-corrected chi connectivity index (χ4v) is 1.46. The van der Waals surface area contributed by atoms with Gasteiger partial charge in [-0.05, 0) is 13.0 Å². The minimum absolute atomic E-state index is 0.174. The van der Waals surface area contributed by atoms with Crippen LogP contribution in [0.1, 0.15) is 13.3 Å².